The van der Waals surface area contributed by atoms with Crippen molar-refractivity contribution in [3.05, 3.63) is 65.0 Å². The zero-order chi connectivity index (χ0) is 14.0. The maximum atomic E-state index is 14.1. The second-order valence-corrected chi connectivity index (χ2v) is 5.55. The van der Waals surface area contributed by atoms with Gasteiger partial charge in [0.15, 0.2) is 0 Å². The average molecular weight is 326 g/mol. The van der Waals surface area contributed by atoms with E-state index in [0.717, 1.165) is 5.56 Å². The molecule has 0 spiro atoms. The van der Waals surface area contributed by atoms with Crippen LogP contribution in [-0.4, -0.2) is 4.98 Å². The molecule has 0 saturated heterocycles. The first-order valence-corrected chi connectivity index (χ1v) is 6.92. The number of halogens is 3. The Hall–Kier alpha value is -1.29. The second-order valence-electron chi connectivity index (χ2n) is 4.56. The highest BCUT2D eigenvalue weighted by Gasteiger charge is 2.25. The summed E-state index contributed by atoms with van der Waals surface area (Å²) in [7, 11) is 0. The lowest BCUT2D eigenvalue weighted by atomic mass is 9.93. The topological polar surface area (TPSA) is 12.9 Å². The molecule has 1 aromatic carbocycles. The van der Waals surface area contributed by atoms with Crippen LogP contribution < -0.4 is 0 Å². The van der Waals surface area contributed by atoms with Crippen LogP contribution in [0.3, 0.4) is 0 Å². The van der Waals surface area contributed by atoms with E-state index in [1.54, 1.807) is 19.3 Å². The highest BCUT2D eigenvalue weighted by Crippen LogP contribution is 2.40. The molecule has 0 aliphatic rings. The Morgan fingerprint density at radius 2 is 1.74 bits per heavy atom. The van der Waals surface area contributed by atoms with Crippen molar-refractivity contribution in [1.82, 2.24) is 4.98 Å². The van der Waals surface area contributed by atoms with Gasteiger partial charge in [0, 0.05) is 18.0 Å². The van der Waals surface area contributed by atoms with Crippen molar-refractivity contribution in [3.8, 4) is 0 Å². The largest absolute Gasteiger partial charge is 0.265 e. The van der Waals surface area contributed by atoms with Crippen LogP contribution in [0.25, 0.3) is 0 Å². The minimum atomic E-state index is -0.522. The Kier molecular flexibility index (Phi) is 4.30. The number of rotatable bonds is 3. The van der Waals surface area contributed by atoms with Gasteiger partial charge in [-0.2, -0.15) is 0 Å². The monoisotopic (exact) mass is 325 g/mol. The fraction of sp³-hybridized carbons (Fsp3) is 0.267. The lowest BCUT2D eigenvalue weighted by molar-refractivity contribution is 0.537. The van der Waals surface area contributed by atoms with E-state index < -0.39 is 16.5 Å². The van der Waals surface area contributed by atoms with Crippen molar-refractivity contribution in [1.29, 1.82) is 0 Å². The Morgan fingerprint density at radius 1 is 1.11 bits per heavy atom. The van der Waals surface area contributed by atoms with Crippen molar-refractivity contribution in [2.75, 3.05) is 0 Å². The van der Waals surface area contributed by atoms with E-state index in [1.807, 2.05) is 19.1 Å². The molecule has 0 aliphatic heterocycles. The molecular formula is C15H14BrF2N. The van der Waals surface area contributed by atoms with Crippen molar-refractivity contribution in [3.63, 3.8) is 0 Å². The minimum Gasteiger partial charge on any atom is -0.265 e. The molecule has 1 nitrogen and oxygen atoms in total. The summed E-state index contributed by atoms with van der Waals surface area (Å²) in [4.78, 5) is 3.52. The highest BCUT2D eigenvalue weighted by atomic mass is 79.9. The number of aryl methyl sites for hydroxylation is 1. The van der Waals surface area contributed by atoms with Gasteiger partial charge in [0.05, 0.1) is 4.83 Å². The van der Waals surface area contributed by atoms with Gasteiger partial charge in [-0.1, -0.05) is 28.9 Å². The first-order valence-electron chi connectivity index (χ1n) is 6.01. The third-order valence-electron chi connectivity index (χ3n) is 3.27. The fourth-order valence-electron chi connectivity index (χ4n) is 2.02. The summed E-state index contributed by atoms with van der Waals surface area (Å²) in [6.45, 7) is 3.56. The molecule has 19 heavy (non-hydrogen) atoms. The predicted octanol–water partition coefficient (Wildman–Crippen LogP) is 4.91. The van der Waals surface area contributed by atoms with E-state index >= 15 is 0 Å². The molecule has 0 saturated carbocycles. The Balaban J connectivity index is 2.40. The molecule has 0 amide bonds. The van der Waals surface area contributed by atoms with Gasteiger partial charge in [0.25, 0.3) is 0 Å². The molecule has 1 aromatic heterocycles. The van der Waals surface area contributed by atoms with E-state index in [9.17, 15) is 8.78 Å². The predicted molar refractivity (Wildman–Crippen MR) is 75.4 cm³/mol. The number of pyridine rings is 1. The molecule has 2 aromatic rings. The molecule has 2 atom stereocenters. The summed E-state index contributed by atoms with van der Waals surface area (Å²) in [5.74, 6) is -1.07. The molecule has 4 heteroatoms. The summed E-state index contributed by atoms with van der Waals surface area (Å²) in [6, 6.07) is 6.46. The summed E-state index contributed by atoms with van der Waals surface area (Å²) in [5.41, 5.74) is 1.52. The molecule has 1 heterocycles. The smallest absolute Gasteiger partial charge is 0.133 e. The molecule has 0 N–H and O–H groups in total. The molecule has 0 aliphatic carbocycles. The lowest BCUT2D eigenvalue weighted by Crippen LogP contribution is -2.08. The second kappa shape index (κ2) is 5.78. The van der Waals surface area contributed by atoms with Crippen LogP contribution in [0.15, 0.2) is 36.7 Å². The van der Waals surface area contributed by atoms with E-state index in [4.69, 9.17) is 0 Å². The van der Waals surface area contributed by atoms with E-state index in [-0.39, 0.29) is 11.5 Å². The first kappa shape index (κ1) is 14.1. The van der Waals surface area contributed by atoms with Crippen molar-refractivity contribution < 1.29 is 8.78 Å². The molecule has 0 radical (unpaired) electrons. The van der Waals surface area contributed by atoms with Crippen LogP contribution in [0.2, 0.25) is 0 Å². The Morgan fingerprint density at radius 3 is 2.37 bits per heavy atom. The first-order chi connectivity index (χ1) is 9.02. The van der Waals surface area contributed by atoms with Gasteiger partial charge in [-0.05, 0) is 42.2 Å². The number of alkyl halides is 1. The number of benzene rings is 1. The SMILES string of the molecule is Cc1ccc(F)c(C(Br)C(C)c2ccncc2)c1F. The molecule has 0 bridgehead atoms. The van der Waals surface area contributed by atoms with Gasteiger partial charge in [-0.3, -0.25) is 4.98 Å². The average Bonchev–Trinajstić information content (AvgIpc) is 2.43. The standard InChI is InChI=1S/C15H14BrF2N/c1-9-3-4-12(17)13(15(9)18)14(16)10(2)11-5-7-19-8-6-11/h3-8,10,14H,1-2H3. The number of hydrogen-bond acceptors (Lipinski definition) is 1. The molecular weight excluding hydrogens is 312 g/mol. The van der Waals surface area contributed by atoms with Crippen LogP contribution in [0.1, 0.15) is 34.4 Å². The maximum Gasteiger partial charge on any atom is 0.133 e. The van der Waals surface area contributed by atoms with Crippen LogP contribution in [-0.2, 0) is 0 Å². The van der Waals surface area contributed by atoms with E-state index in [2.05, 4.69) is 20.9 Å². The number of nitrogens with zero attached hydrogens (tertiary/aromatic N) is 1. The van der Waals surface area contributed by atoms with Crippen LogP contribution >= 0.6 is 15.9 Å². The molecule has 0 fully saturated rings. The minimum absolute atomic E-state index is 0.0613. The van der Waals surface area contributed by atoms with Crippen molar-refractivity contribution in [2.24, 2.45) is 0 Å². The summed E-state index contributed by atoms with van der Waals surface area (Å²) >= 11 is 3.42. The summed E-state index contributed by atoms with van der Waals surface area (Å²) < 4.78 is 28.0. The van der Waals surface area contributed by atoms with Gasteiger partial charge < -0.3 is 0 Å². The van der Waals surface area contributed by atoms with E-state index in [1.165, 1.54) is 12.1 Å². The van der Waals surface area contributed by atoms with Gasteiger partial charge in [-0.25, -0.2) is 8.78 Å². The Labute approximate surface area is 119 Å². The normalized spacial score (nSPS) is 14.2. The fourth-order valence-corrected chi connectivity index (χ4v) is 2.74. The van der Waals surface area contributed by atoms with Gasteiger partial charge in [-0.15, -0.1) is 0 Å². The van der Waals surface area contributed by atoms with Gasteiger partial charge in [0.2, 0.25) is 0 Å². The zero-order valence-corrected chi connectivity index (χ0v) is 12.3. The number of aromatic nitrogens is 1. The van der Waals surface area contributed by atoms with Crippen LogP contribution in [0.4, 0.5) is 8.78 Å². The van der Waals surface area contributed by atoms with Crippen molar-refractivity contribution in [2.45, 2.75) is 24.6 Å². The molecule has 2 unspecified atom stereocenters. The number of hydrogen-bond donors (Lipinski definition) is 0. The van der Waals surface area contributed by atoms with Crippen LogP contribution in [0.5, 0.6) is 0 Å². The Bertz CT molecular complexity index is 572. The third kappa shape index (κ3) is 2.84. The third-order valence-corrected chi connectivity index (χ3v) is 4.52. The highest BCUT2D eigenvalue weighted by molar-refractivity contribution is 9.09. The summed E-state index contributed by atoms with van der Waals surface area (Å²) in [6.07, 6.45) is 3.35. The maximum absolute atomic E-state index is 14.1. The van der Waals surface area contributed by atoms with Crippen LogP contribution in [0, 0.1) is 18.6 Å². The molecule has 100 valence electrons. The van der Waals surface area contributed by atoms with Crippen molar-refractivity contribution >= 4 is 15.9 Å². The van der Waals surface area contributed by atoms with E-state index in [0.29, 0.717) is 5.56 Å². The lowest BCUT2D eigenvalue weighted by Gasteiger charge is -2.20. The van der Waals surface area contributed by atoms with Gasteiger partial charge in [0.1, 0.15) is 11.6 Å². The molecule has 2 rings (SSSR count). The van der Waals surface area contributed by atoms with Gasteiger partial charge >= 0.3 is 0 Å². The quantitative estimate of drug-likeness (QED) is 0.731. The summed E-state index contributed by atoms with van der Waals surface area (Å²) in [5, 5.41) is 0. The zero-order valence-electron chi connectivity index (χ0n) is 10.7.